The predicted octanol–water partition coefficient (Wildman–Crippen LogP) is 4.14. The number of hydrogen-bond acceptors (Lipinski definition) is 5. The first kappa shape index (κ1) is 14.6. The molecule has 0 aromatic carbocycles. The number of anilines is 2. The Bertz CT molecular complexity index is 673. The van der Waals surface area contributed by atoms with Crippen LogP contribution in [-0.4, -0.2) is 23.1 Å². The minimum absolute atomic E-state index is 0.285. The molecule has 2 heterocycles. The van der Waals surface area contributed by atoms with Crippen molar-refractivity contribution in [3.63, 3.8) is 0 Å². The molecule has 0 saturated heterocycles. The number of fused-ring (bicyclic) bond motifs is 1. The summed E-state index contributed by atoms with van der Waals surface area (Å²) in [4.78, 5) is 11.6. The zero-order chi connectivity index (χ0) is 15.4. The van der Waals surface area contributed by atoms with Crippen LogP contribution in [0.1, 0.15) is 39.5 Å². The number of thiophene rings is 1. The van der Waals surface area contributed by atoms with Crippen molar-refractivity contribution in [2.75, 3.05) is 17.7 Å². The third kappa shape index (κ3) is 2.09. The first-order chi connectivity index (χ1) is 9.81. The molecule has 1 aliphatic rings. The fourth-order valence-electron chi connectivity index (χ4n) is 3.06. The van der Waals surface area contributed by atoms with E-state index in [-0.39, 0.29) is 10.8 Å². The van der Waals surface area contributed by atoms with Crippen LogP contribution < -0.4 is 10.6 Å². The summed E-state index contributed by atoms with van der Waals surface area (Å²) in [5.41, 5.74) is 0.571. The van der Waals surface area contributed by atoms with Crippen molar-refractivity contribution in [2.45, 2.75) is 47.1 Å². The average molecular weight is 304 g/mol. The Hall–Kier alpha value is -1.36. The highest BCUT2D eigenvalue weighted by atomic mass is 32.1. The lowest BCUT2D eigenvalue weighted by molar-refractivity contribution is 0.457. The highest BCUT2D eigenvalue weighted by molar-refractivity contribution is 7.18. The highest BCUT2D eigenvalue weighted by Crippen LogP contribution is 2.63. The highest BCUT2D eigenvalue weighted by Gasteiger charge is 2.65. The van der Waals surface area contributed by atoms with E-state index in [1.807, 2.05) is 7.05 Å². The molecule has 1 fully saturated rings. The summed E-state index contributed by atoms with van der Waals surface area (Å²) < 4.78 is 0. The Balaban J connectivity index is 2.03. The molecule has 4 nitrogen and oxygen atoms in total. The molecule has 3 rings (SSSR count). The van der Waals surface area contributed by atoms with E-state index in [2.05, 4.69) is 61.3 Å². The molecule has 114 valence electrons. The van der Waals surface area contributed by atoms with E-state index in [1.54, 1.807) is 11.3 Å². The van der Waals surface area contributed by atoms with Gasteiger partial charge in [0.15, 0.2) is 0 Å². The van der Waals surface area contributed by atoms with E-state index >= 15 is 0 Å². The quantitative estimate of drug-likeness (QED) is 0.891. The molecule has 0 spiro atoms. The summed E-state index contributed by atoms with van der Waals surface area (Å²) in [6.07, 6.45) is 1.04. The van der Waals surface area contributed by atoms with E-state index in [1.165, 1.54) is 4.88 Å². The lowest BCUT2D eigenvalue weighted by Crippen LogP contribution is -2.12. The first-order valence-electron chi connectivity index (χ1n) is 7.56. The zero-order valence-electron chi connectivity index (χ0n) is 13.7. The number of nitrogens with one attached hydrogen (secondary N) is 2. The second-order valence-electron chi connectivity index (χ2n) is 6.95. The molecule has 0 bridgehead atoms. The molecule has 0 atom stereocenters. The lowest BCUT2D eigenvalue weighted by Gasteiger charge is -2.10. The van der Waals surface area contributed by atoms with Crippen molar-refractivity contribution in [3.05, 3.63) is 10.9 Å². The summed E-state index contributed by atoms with van der Waals surface area (Å²) in [6, 6.07) is 2.67. The van der Waals surface area contributed by atoms with Crippen LogP contribution in [0.5, 0.6) is 0 Å². The molecule has 0 unspecified atom stereocenters. The van der Waals surface area contributed by atoms with Crippen molar-refractivity contribution in [1.82, 2.24) is 9.97 Å². The van der Waals surface area contributed by atoms with E-state index in [0.29, 0.717) is 12.0 Å². The van der Waals surface area contributed by atoms with E-state index < -0.39 is 0 Å². The molecule has 2 aromatic heterocycles. The monoisotopic (exact) mass is 304 g/mol. The van der Waals surface area contributed by atoms with Gasteiger partial charge >= 0.3 is 0 Å². The van der Waals surface area contributed by atoms with Crippen molar-refractivity contribution < 1.29 is 0 Å². The van der Waals surface area contributed by atoms with Gasteiger partial charge in [0.25, 0.3) is 0 Å². The number of aryl methyl sites for hydroxylation is 1. The fraction of sp³-hybridized carbons (Fsp3) is 0.625. The zero-order valence-corrected chi connectivity index (χ0v) is 14.5. The average Bonchev–Trinajstić information content (AvgIpc) is 2.80. The number of nitrogens with zero attached hydrogens (tertiary/aromatic N) is 2. The molecule has 1 aliphatic carbocycles. The second-order valence-corrected chi connectivity index (χ2v) is 8.07. The van der Waals surface area contributed by atoms with Crippen LogP contribution >= 0.6 is 11.3 Å². The summed E-state index contributed by atoms with van der Waals surface area (Å²) in [5.74, 6) is 1.65. The molecule has 0 radical (unpaired) electrons. The van der Waals surface area contributed by atoms with Crippen molar-refractivity contribution in [2.24, 2.45) is 10.8 Å². The fourth-order valence-corrected chi connectivity index (χ4v) is 4.03. The van der Waals surface area contributed by atoms with Crippen molar-refractivity contribution in [1.29, 1.82) is 0 Å². The molecule has 0 amide bonds. The molecular weight excluding hydrogens is 280 g/mol. The normalized spacial score (nSPS) is 19.7. The van der Waals surface area contributed by atoms with Crippen LogP contribution in [-0.2, 0) is 6.42 Å². The maximum atomic E-state index is 4.65. The van der Waals surface area contributed by atoms with Crippen LogP contribution in [0.2, 0.25) is 0 Å². The standard InChI is InChI=1S/C16H24N4S/c1-7-9-8-10-11(18-13-15(2,3)16(13,4)5)19-14(17-6)20-12(10)21-9/h8,13H,7H2,1-6H3,(H2,17,18,19,20). The minimum atomic E-state index is 0.285. The van der Waals surface area contributed by atoms with Gasteiger partial charge in [-0.05, 0) is 23.3 Å². The van der Waals surface area contributed by atoms with Gasteiger partial charge in [0, 0.05) is 18.0 Å². The van der Waals surface area contributed by atoms with E-state index in [9.17, 15) is 0 Å². The summed E-state index contributed by atoms with van der Waals surface area (Å²) in [5, 5.41) is 7.88. The van der Waals surface area contributed by atoms with Crippen LogP contribution in [0, 0.1) is 10.8 Å². The van der Waals surface area contributed by atoms with Gasteiger partial charge in [0.2, 0.25) is 5.95 Å². The van der Waals surface area contributed by atoms with Gasteiger partial charge in [-0.25, -0.2) is 4.98 Å². The predicted molar refractivity (Wildman–Crippen MR) is 91.3 cm³/mol. The Kier molecular flexibility index (Phi) is 3.17. The van der Waals surface area contributed by atoms with Gasteiger partial charge in [-0.1, -0.05) is 34.6 Å². The van der Waals surface area contributed by atoms with Gasteiger partial charge in [-0.15, -0.1) is 11.3 Å². The van der Waals surface area contributed by atoms with E-state index in [0.717, 1.165) is 22.5 Å². The maximum absolute atomic E-state index is 4.65. The smallest absolute Gasteiger partial charge is 0.225 e. The Morgan fingerprint density at radius 1 is 1.19 bits per heavy atom. The molecule has 0 aliphatic heterocycles. The summed E-state index contributed by atoms with van der Waals surface area (Å²) in [7, 11) is 1.87. The maximum Gasteiger partial charge on any atom is 0.225 e. The topological polar surface area (TPSA) is 49.8 Å². The SMILES string of the molecule is CCc1cc2c(NC3C(C)(C)C3(C)C)nc(NC)nc2s1. The summed E-state index contributed by atoms with van der Waals surface area (Å²) in [6.45, 7) is 11.4. The Labute approximate surface area is 130 Å². The largest absolute Gasteiger partial charge is 0.366 e. The van der Waals surface area contributed by atoms with E-state index in [4.69, 9.17) is 0 Å². The summed E-state index contributed by atoms with van der Waals surface area (Å²) >= 11 is 1.76. The molecule has 2 aromatic rings. The molecule has 2 N–H and O–H groups in total. The van der Waals surface area contributed by atoms with Gasteiger partial charge < -0.3 is 10.6 Å². The minimum Gasteiger partial charge on any atom is -0.366 e. The van der Waals surface area contributed by atoms with Crippen LogP contribution in [0.4, 0.5) is 11.8 Å². The number of hydrogen-bond donors (Lipinski definition) is 2. The van der Waals surface area contributed by atoms with Crippen molar-refractivity contribution >= 4 is 33.3 Å². The van der Waals surface area contributed by atoms with Gasteiger partial charge in [-0.2, -0.15) is 4.98 Å². The third-order valence-corrected chi connectivity index (χ3v) is 6.49. The Morgan fingerprint density at radius 3 is 2.38 bits per heavy atom. The molecular formula is C16H24N4S. The molecule has 5 heteroatoms. The van der Waals surface area contributed by atoms with Crippen LogP contribution in [0.15, 0.2) is 6.07 Å². The molecule has 21 heavy (non-hydrogen) atoms. The van der Waals surface area contributed by atoms with Gasteiger partial charge in [-0.3, -0.25) is 0 Å². The van der Waals surface area contributed by atoms with Crippen molar-refractivity contribution in [3.8, 4) is 0 Å². The Morgan fingerprint density at radius 2 is 1.86 bits per heavy atom. The van der Waals surface area contributed by atoms with Crippen LogP contribution in [0.3, 0.4) is 0 Å². The first-order valence-corrected chi connectivity index (χ1v) is 8.37. The second kappa shape index (κ2) is 4.57. The van der Waals surface area contributed by atoms with Gasteiger partial charge in [0.05, 0.1) is 5.39 Å². The third-order valence-electron chi connectivity index (χ3n) is 5.32. The van der Waals surface area contributed by atoms with Gasteiger partial charge in [0.1, 0.15) is 10.6 Å². The number of aromatic nitrogens is 2. The van der Waals surface area contributed by atoms with Crippen LogP contribution in [0.25, 0.3) is 10.2 Å². The molecule has 1 saturated carbocycles. The lowest BCUT2D eigenvalue weighted by atomic mass is 10.0. The number of rotatable bonds is 4.